The van der Waals surface area contributed by atoms with Crippen molar-refractivity contribution in [3.8, 4) is 5.75 Å². The van der Waals surface area contributed by atoms with Crippen LogP contribution < -0.4 is 14.8 Å². The topological polar surface area (TPSA) is 97.6 Å². The molecular weight excluding hydrogens is 437 g/mol. The van der Waals surface area contributed by atoms with Gasteiger partial charge in [-0.05, 0) is 54.1 Å². The zero-order valence-electron chi connectivity index (χ0n) is 15.8. The van der Waals surface area contributed by atoms with Crippen molar-refractivity contribution in [1.29, 1.82) is 0 Å². The van der Waals surface area contributed by atoms with Crippen molar-refractivity contribution in [2.45, 2.75) is 24.3 Å². The van der Waals surface area contributed by atoms with Gasteiger partial charge in [0, 0.05) is 12.1 Å². The molecule has 0 saturated carbocycles. The highest BCUT2D eigenvalue weighted by atomic mass is 32.2. The van der Waals surface area contributed by atoms with Gasteiger partial charge in [-0.1, -0.05) is 12.1 Å². The van der Waals surface area contributed by atoms with Gasteiger partial charge in [-0.3, -0.25) is 4.79 Å². The molecule has 2 aromatic carbocycles. The minimum atomic E-state index is -4.77. The lowest BCUT2D eigenvalue weighted by Gasteiger charge is -2.10. The van der Waals surface area contributed by atoms with Gasteiger partial charge in [0.1, 0.15) is 11.5 Å². The fourth-order valence-corrected chi connectivity index (χ4v) is 3.53. The molecule has 3 rings (SSSR count). The lowest BCUT2D eigenvalue weighted by Crippen LogP contribution is -2.24. The van der Waals surface area contributed by atoms with Crippen molar-refractivity contribution in [1.82, 2.24) is 10.0 Å². The summed E-state index contributed by atoms with van der Waals surface area (Å²) in [6.45, 7) is 0.0558. The third kappa shape index (κ3) is 6.59. The van der Waals surface area contributed by atoms with Gasteiger partial charge in [0.15, 0.2) is 0 Å². The van der Waals surface area contributed by atoms with E-state index in [0.717, 1.165) is 12.1 Å². The van der Waals surface area contributed by atoms with E-state index in [1.165, 1.54) is 42.7 Å². The van der Waals surface area contributed by atoms with Crippen molar-refractivity contribution >= 4 is 15.9 Å². The van der Waals surface area contributed by atoms with Crippen LogP contribution in [0, 0.1) is 0 Å². The van der Waals surface area contributed by atoms with E-state index in [9.17, 15) is 26.4 Å². The SMILES string of the molecule is O=C(NCc1ccc(OC(F)(F)F)cc1)c1ccc(S(=O)(=O)NCc2ccco2)cc1. The first-order valence-electron chi connectivity index (χ1n) is 8.87. The smallest absolute Gasteiger partial charge is 0.468 e. The summed E-state index contributed by atoms with van der Waals surface area (Å²) in [7, 11) is -3.78. The number of hydrogen-bond acceptors (Lipinski definition) is 5. The van der Waals surface area contributed by atoms with E-state index in [-0.39, 0.29) is 29.3 Å². The number of alkyl halides is 3. The number of benzene rings is 2. The number of sulfonamides is 1. The molecule has 7 nitrogen and oxygen atoms in total. The second-order valence-corrected chi connectivity index (χ2v) is 8.07. The summed E-state index contributed by atoms with van der Waals surface area (Å²) in [5.74, 6) is -0.374. The molecule has 0 aliphatic rings. The molecule has 0 aliphatic carbocycles. The molecule has 0 saturated heterocycles. The molecule has 31 heavy (non-hydrogen) atoms. The van der Waals surface area contributed by atoms with Gasteiger partial charge < -0.3 is 14.5 Å². The van der Waals surface area contributed by atoms with E-state index in [0.29, 0.717) is 11.3 Å². The number of hydrogen-bond donors (Lipinski definition) is 2. The predicted molar refractivity (Wildman–Crippen MR) is 103 cm³/mol. The van der Waals surface area contributed by atoms with E-state index in [1.54, 1.807) is 12.1 Å². The van der Waals surface area contributed by atoms with Crippen molar-refractivity contribution in [2.75, 3.05) is 0 Å². The van der Waals surface area contributed by atoms with Gasteiger partial charge >= 0.3 is 6.36 Å². The summed E-state index contributed by atoms with van der Waals surface area (Å²) in [6, 6.07) is 13.6. The van der Waals surface area contributed by atoms with Crippen LogP contribution in [0.1, 0.15) is 21.7 Å². The summed E-state index contributed by atoms with van der Waals surface area (Å²) >= 11 is 0. The number of nitrogens with one attached hydrogen (secondary N) is 2. The van der Waals surface area contributed by atoms with Crippen molar-refractivity contribution in [2.24, 2.45) is 0 Å². The molecule has 0 aliphatic heterocycles. The summed E-state index contributed by atoms with van der Waals surface area (Å²) in [5, 5.41) is 2.61. The second kappa shape index (κ2) is 9.23. The molecule has 0 radical (unpaired) electrons. The summed E-state index contributed by atoms with van der Waals surface area (Å²) in [4.78, 5) is 12.2. The highest BCUT2D eigenvalue weighted by Gasteiger charge is 2.30. The number of amides is 1. The number of carbonyl (C=O) groups is 1. The molecule has 11 heteroatoms. The number of rotatable bonds is 8. The Morgan fingerprint density at radius 1 is 0.968 bits per heavy atom. The zero-order chi connectivity index (χ0) is 22.5. The quantitative estimate of drug-likeness (QED) is 0.542. The molecule has 164 valence electrons. The normalized spacial score (nSPS) is 11.8. The minimum Gasteiger partial charge on any atom is -0.468 e. The Bertz CT molecular complexity index is 1110. The molecule has 2 N–H and O–H groups in total. The van der Waals surface area contributed by atoms with E-state index >= 15 is 0 Å². The van der Waals surface area contributed by atoms with Crippen LogP contribution in [0.2, 0.25) is 0 Å². The van der Waals surface area contributed by atoms with Crippen LogP contribution in [0.3, 0.4) is 0 Å². The van der Waals surface area contributed by atoms with Gasteiger partial charge in [-0.2, -0.15) is 0 Å². The van der Waals surface area contributed by atoms with Crippen LogP contribution in [-0.2, 0) is 23.1 Å². The first kappa shape index (κ1) is 22.4. The van der Waals surface area contributed by atoms with E-state index in [2.05, 4.69) is 14.8 Å². The Kier molecular flexibility index (Phi) is 6.66. The van der Waals surface area contributed by atoms with Crippen LogP contribution in [0.4, 0.5) is 13.2 Å². The van der Waals surface area contributed by atoms with E-state index in [4.69, 9.17) is 4.42 Å². The summed E-state index contributed by atoms with van der Waals surface area (Å²) in [5.41, 5.74) is 0.784. The Labute approximate surface area is 175 Å². The van der Waals surface area contributed by atoms with Gasteiger partial charge in [0.2, 0.25) is 10.0 Å². The molecule has 0 fully saturated rings. The average Bonchev–Trinajstić information content (AvgIpc) is 3.24. The standard InChI is InChI=1S/C20H17F3N2O5S/c21-20(22,23)30-16-7-3-14(4-8-16)12-24-19(26)15-5-9-18(10-6-15)31(27,28)25-13-17-2-1-11-29-17/h1-11,25H,12-13H2,(H,24,26). The summed E-state index contributed by atoms with van der Waals surface area (Å²) in [6.07, 6.45) is -3.34. The molecule has 0 atom stereocenters. The third-order valence-corrected chi connectivity index (χ3v) is 5.47. The zero-order valence-corrected chi connectivity index (χ0v) is 16.7. The third-order valence-electron chi connectivity index (χ3n) is 4.05. The van der Waals surface area contributed by atoms with Gasteiger partial charge in [0.05, 0.1) is 17.7 Å². The van der Waals surface area contributed by atoms with Gasteiger partial charge in [0.25, 0.3) is 5.91 Å². The van der Waals surface area contributed by atoms with Gasteiger partial charge in [-0.25, -0.2) is 13.1 Å². The number of furan rings is 1. The average molecular weight is 454 g/mol. The van der Waals surface area contributed by atoms with E-state index < -0.39 is 22.3 Å². The van der Waals surface area contributed by atoms with Crippen LogP contribution in [-0.4, -0.2) is 20.7 Å². The Morgan fingerprint density at radius 2 is 1.65 bits per heavy atom. The Morgan fingerprint density at radius 3 is 2.23 bits per heavy atom. The highest BCUT2D eigenvalue weighted by Crippen LogP contribution is 2.22. The molecule has 1 aromatic heterocycles. The maximum Gasteiger partial charge on any atom is 0.573 e. The number of carbonyl (C=O) groups excluding carboxylic acids is 1. The lowest BCUT2D eigenvalue weighted by molar-refractivity contribution is -0.274. The monoisotopic (exact) mass is 454 g/mol. The fourth-order valence-electron chi connectivity index (χ4n) is 2.54. The molecule has 1 heterocycles. The van der Waals surface area contributed by atoms with Crippen molar-refractivity contribution in [3.05, 3.63) is 83.8 Å². The van der Waals surface area contributed by atoms with Crippen LogP contribution in [0.25, 0.3) is 0 Å². The van der Waals surface area contributed by atoms with Crippen molar-refractivity contribution < 1.29 is 35.5 Å². The Hall–Kier alpha value is -3.31. The number of ether oxygens (including phenoxy) is 1. The number of halogens is 3. The molecule has 1 amide bonds. The maximum absolute atomic E-state index is 12.3. The highest BCUT2D eigenvalue weighted by molar-refractivity contribution is 7.89. The van der Waals surface area contributed by atoms with Crippen LogP contribution >= 0.6 is 0 Å². The lowest BCUT2D eigenvalue weighted by atomic mass is 10.2. The minimum absolute atomic E-state index is 0.00955. The summed E-state index contributed by atoms with van der Waals surface area (Å²) < 4.78 is 72.3. The predicted octanol–water partition coefficient (Wildman–Crippen LogP) is 3.59. The van der Waals surface area contributed by atoms with Crippen LogP contribution in [0.15, 0.2) is 76.2 Å². The second-order valence-electron chi connectivity index (χ2n) is 6.30. The fraction of sp³-hybridized carbons (Fsp3) is 0.150. The molecule has 0 bridgehead atoms. The first-order chi connectivity index (χ1) is 14.6. The molecular formula is C20H17F3N2O5S. The Balaban J connectivity index is 1.55. The largest absolute Gasteiger partial charge is 0.573 e. The molecule has 3 aromatic rings. The first-order valence-corrected chi connectivity index (χ1v) is 10.4. The molecule has 0 spiro atoms. The maximum atomic E-state index is 12.3. The van der Waals surface area contributed by atoms with E-state index in [1.807, 2.05) is 0 Å². The van der Waals surface area contributed by atoms with Crippen LogP contribution in [0.5, 0.6) is 5.75 Å². The van der Waals surface area contributed by atoms with Crippen molar-refractivity contribution in [3.63, 3.8) is 0 Å². The molecule has 0 unspecified atom stereocenters. The van der Waals surface area contributed by atoms with Gasteiger partial charge in [-0.15, -0.1) is 13.2 Å².